The molecule has 96 valence electrons. The molecule has 0 aromatic heterocycles. The van der Waals surface area contributed by atoms with E-state index in [0.717, 1.165) is 0 Å². The second-order valence-electron chi connectivity index (χ2n) is 3.42. The molecule has 9 nitrogen and oxygen atoms in total. The molecule has 0 saturated carbocycles. The highest BCUT2D eigenvalue weighted by Gasteiger charge is 2.20. The number of benzene rings is 1. The van der Waals surface area contributed by atoms with Crippen molar-refractivity contribution in [3.05, 3.63) is 28.7 Å². The number of hydrogen-bond donors (Lipinski definition) is 4. The second kappa shape index (κ2) is 6.25. The van der Waals surface area contributed by atoms with E-state index in [2.05, 4.69) is 20.7 Å². The molecule has 1 aromatic carbocycles. The van der Waals surface area contributed by atoms with E-state index in [-0.39, 0.29) is 17.8 Å². The Hall–Kier alpha value is -2.55. The van der Waals surface area contributed by atoms with E-state index in [4.69, 9.17) is 17.2 Å². The summed E-state index contributed by atoms with van der Waals surface area (Å²) in [5, 5.41) is 5.63. The van der Waals surface area contributed by atoms with Crippen LogP contribution in [-0.2, 0) is 16.1 Å². The summed E-state index contributed by atoms with van der Waals surface area (Å²) in [5.41, 5.74) is 15.4. The molecule has 1 rings (SSSR count). The monoisotopic (exact) mass is 252 g/mol. The van der Waals surface area contributed by atoms with Crippen LogP contribution in [0.15, 0.2) is 28.6 Å². The van der Waals surface area contributed by atoms with Crippen molar-refractivity contribution < 1.29 is 9.63 Å². The summed E-state index contributed by atoms with van der Waals surface area (Å²) < 4.78 is 0. The number of rotatable bonds is 6. The predicted octanol–water partition coefficient (Wildman–Crippen LogP) is 0.530. The highest BCUT2D eigenvalue weighted by molar-refractivity contribution is 5.76. The van der Waals surface area contributed by atoms with Crippen LogP contribution >= 0.6 is 0 Å². The molecule has 0 radical (unpaired) electrons. The lowest BCUT2D eigenvalue weighted by molar-refractivity contribution is -0.146. The predicted molar refractivity (Wildman–Crippen MR) is 62.4 cm³/mol. The third-order valence-corrected chi connectivity index (χ3v) is 2.25. The van der Waals surface area contributed by atoms with Gasteiger partial charge in [-0.3, -0.25) is 5.43 Å². The Morgan fingerprint density at radius 2 is 2.28 bits per heavy atom. The molecule has 0 amide bonds. The van der Waals surface area contributed by atoms with E-state index < -0.39 is 12.0 Å². The molecule has 1 atom stereocenters. The molecule has 18 heavy (non-hydrogen) atoms. The Labute approximate surface area is 102 Å². The fraction of sp³-hybridized carbons (Fsp3) is 0.222. The van der Waals surface area contributed by atoms with Crippen LogP contribution in [0.2, 0.25) is 0 Å². The van der Waals surface area contributed by atoms with Gasteiger partial charge in [0.15, 0.2) is 0 Å². The first kappa shape index (κ1) is 13.5. The third-order valence-electron chi connectivity index (χ3n) is 2.25. The number of nitrogens with zero attached hydrogens (tertiary/aromatic N) is 2. The minimum Gasteiger partial charge on any atom is -0.397 e. The quantitative estimate of drug-likeness (QED) is 0.250. The molecule has 0 heterocycles. The molecular formula is C9H12N6O3. The van der Waals surface area contributed by atoms with Crippen LogP contribution in [0.25, 0.3) is 0 Å². The van der Waals surface area contributed by atoms with Crippen molar-refractivity contribution in [1.82, 2.24) is 5.43 Å². The van der Waals surface area contributed by atoms with Crippen LogP contribution < -0.4 is 17.1 Å². The summed E-state index contributed by atoms with van der Waals surface area (Å²) in [6.07, 6.45) is 0.155. The van der Waals surface area contributed by atoms with Gasteiger partial charge in [0.1, 0.15) is 11.7 Å². The van der Waals surface area contributed by atoms with Gasteiger partial charge in [0, 0.05) is 6.42 Å². The van der Waals surface area contributed by atoms with Crippen LogP contribution in [0.3, 0.4) is 0 Å². The smallest absolute Gasteiger partial charge is 0.349 e. The Kier molecular flexibility index (Phi) is 4.69. The van der Waals surface area contributed by atoms with Gasteiger partial charge in [-0.2, -0.15) is 11.4 Å². The molecule has 0 bridgehead atoms. The molecular weight excluding hydrogens is 240 g/mol. The average Bonchev–Trinajstić information content (AvgIpc) is 2.37. The molecule has 0 aliphatic rings. The lowest BCUT2D eigenvalue weighted by Crippen LogP contribution is -2.37. The molecule has 0 saturated heterocycles. The van der Waals surface area contributed by atoms with Crippen molar-refractivity contribution in [1.29, 1.82) is 5.53 Å². The summed E-state index contributed by atoms with van der Waals surface area (Å²) in [4.78, 5) is 25.7. The van der Waals surface area contributed by atoms with Crippen molar-refractivity contribution >= 4 is 17.3 Å². The van der Waals surface area contributed by atoms with Crippen molar-refractivity contribution in [2.75, 3.05) is 5.73 Å². The van der Waals surface area contributed by atoms with Gasteiger partial charge in [0.25, 0.3) is 0 Å². The minimum atomic E-state index is -0.901. The van der Waals surface area contributed by atoms with Gasteiger partial charge in [0.05, 0.1) is 5.69 Å². The molecule has 1 aromatic rings. The Morgan fingerprint density at radius 3 is 2.78 bits per heavy atom. The minimum absolute atomic E-state index is 0.120. The normalized spacial score (nSPS) is 11.4. The van der Waals surface area contributed by atoms with Crippen LogP contribution in [0, 0.1) is 10.4 Å². The van der Waals surface area contributed by atoms with Gasteiger partial charge in [-0.1, -0.05) is 11.3 Å². The maximum absolute atomic E-state index is 11.3. The lowest BCUT2D eigenvalue weighted by Gasteiger charge is -2.13. The van der Waals surface area contributed by atoms with Crippen LogP contribution in [0.4, 0.5) is 11.4 Å². The summed E-state index contributed by atoms with van der Waals surface area (Å²) in [7, 11) is 0. The van der Waals surface area contributed by atoms with Gasteiger partial charge in [0.2, 0.25) is 0 Å². The first-order valence-corrected chi connectivity index (χ1v) is 4.86. The van der Waals surface area contributed by atoms with E-state index in [0.29, 0.717) is 5.56 Å². The molecule has 0 fully saturated rings. The number of hydrogen-bond acceptors (Lipinski definition) is 8. The first-order valence-electron chi connectivity index (χ1n) is 4.86. The second-order valence-corrected chi connectivity index (χ2v) is 3.42. The Morgan fingerprint density at radius 1 is 1.56 bits per heavy atom. The molecule has 0 spiro atoms. The number of anilines is 1. The fourth-order valence-electron chi connectivity index (χ4n) is 1.39. The first-order chi connectivity index (χ1) is 8.62. The average molecular weight is 252 g/mol. The van der Waals surface area contributed by atoms with Crippen molar-refractivity contribution in [3.8, 4) is 0 Å². The van der Waals surface area contributed by atoms with Crippen LogP contribution in [0.5, 0.6) is 0 Å². The molecule has 0 unspecified atom stereocenters. The van der Waals surface area contributed by atoms with E-state index in [1.54, 1.807) is 6.07 Å². The van der Waals surface area contributed by atoms with Crippen LogP contribution in [-0.4, -0.2) is 12.0 Å². The SMILES string of the molecule is N=NN[C@@H](Cc1ccc(N=O)c(N)c1)C(=O)ON. The number of nitrogen functional groups attached to an aromatic ring is 1. The number of carbonyl (C=O) groups is 1. The molecule has 6 N–H and O–H groups in total. The Balaban J connectivity index is 2.86. The van der Waals surface area contributed by atoms with Gasteiger partial charge in [-0.05, 0) is 22.9 Å². The van der Waals surface area contributed by atoms with Crippen LogP contribution in [0.1, 0.15) is 5.56 Å². The largest absolute Gasteiger partial charge is 0.397 e. The van der Waals surface area contributed by atoms with Gasteiger partial charge in [-0.15, -0.1) is 4.91 Å². The Bertz CT molecular complexity index is 464. The van der Waals surface area contributed by atoms with E-state index in [1.807, 2.05) is 0 Å². The van der Waals surface area contributed by atoms with Gasteiger partial charge >= 0.3 is 5.97 Å². The topological polar surface area (TPSA) is 156 Å². The number of nitroso groups, excluding NO2 is 1. The third kappa shape index (κ3) is 3.22. The summed E-state index contributed by atoms with van der Waals surface area (Å²) in [6, 6.07) is 3.61. The van der Waals surface area contributed by atoms with Crippen molar-refractivity contribution in [2.45, 2.75) is 12.5 Å². The maximum atomic E-state index is 11.3. The fourth-order valence-corrected chi connectivity index (χ4v) is 1.39. The summed E-state index contributed by atoms with van der Waals surface area (Å²) in [5.74, 6) is 4.00. The molecule has 0 aliphatic carbocycles. The molecule has 0 aliphatic heterocycles. The number of nitrogens with one attached hydrogen (secondary N) is 2. The number of carbonyl (C=O) groups excluding carboxylic acids is 1. The zero-order valence-corrected chi connectivity index (χ0v) is 9.29. The van der Waals surface area contributed by atoms with E-state index >= 15 is 0 Å². The zero-order chi connectivity index (χ0) is 13.5. The standard InChI is InChI=1S/C9H12N6O3/c10-6-3-5(1-2-7(6)14-17)4-8(13-15-11)9(16)18-12/h1-3,8H,4,10,12H2,(H2,11,13)/t8-/m0/s1. The highest BCUT2D eigenvalue weighted by Crippen LogP contribution is 2.23. The zero-order valence-electron chi connectivity index (χ0n) is 9.29. The highest BCUT2D eigenvalue weighted by atomic mass is 16.7. The summed E-state index contributed by atoms with van der Waals surface area (Å²) >= 11 is 0. The van der Waals surface area contributed by atoms with E-state index in [9.17, 15) is 9.70 Å². The maximum Gasteiger partial charge on any atom is 0.349 e. The van der Waals surface area contributed by atoms with Crippen molar-refractivity contribution in [2.24, 2.45) is 16.3 Å². The van der Waals surface area contributed by atoms with Gasteiger partial charge < -0.3 is 10.6 Å². The van der Waals surface area contributed by atoms with E-state index in [1.165, 1.54) is 12.1 Å². The number of nitrogens with two attached hydrogens (primary N) is 2. The van der Waals surface area contributed by atoms with Crippen molar-refractivity contribution in [3.63, 3.8) is 0 Å². The summed E-state index contributed by atoms with van der Waals surface area (Å²) in [6.45, 7) is 0. The van der Waals surface area contributed by atoms with Gasteiger partial charge in [-0.25, -0.2) is 4.79 Å². The lowest BCUT2D eigenvalue weighted by atomic mass is 10.1. The molecule has 9 heteroatoms.